The van der Waals surface area contributed by atoms with Crippen LogP contribution >= 0.6 is 0 Å². The number of benzene rings is 1. The van der Waals surface area contributed by atoms with Crippen molar-refractivity contribution in [3.63, 3.8) is 0 Å². The van der Waals surface area contributed by atoms with Crippen molar-refractivity contribution < 1.29 is 14.3 Å². The van der Waals surface area contributed by atoms with Crippen LogP contribution in [0.3, 0.4) is 0 Å². The van der Waals surface area contributed by atoms with Crippen molar-refractivity contribution in [2.24, 2.45) is 5.92 Å². The maximum atomic E-state index is 12.2. The number of hydrogen-bond acceptors (Lipinski definition) is 4. The molecule has 5 nitrogen and oxygen atoms in total. The molecule has 19 heavy (non-hydrogen) atoms. The Bertz CT molecular complexity index is 562. The van der Waals surface area contributed by atoms with E-state index < -0.39 is 17.8 Å². The molecule has 0 spiro atoms. The Labute approximate surface area is 111 Å². The van der Waals surface area contributed by atoms with E-state index in [-0.39, 0.29) is 12.5 Å². The Balaban J connectivity index is 2.42. The average molecular weight is 258 g/mol. The predicted molar refractivity (Wildman–Crippen MR) is 68.3 cm³/mol. The second-order valence-corrected chi connectivity index (χ2v) is 4.29. The molecule has 0 radical (unpaired) electrons. The van der Waals surface area contributed by atoms with Crippen LogP contribution < -0.4 is 4.90 Å². The molecule has 2 atom stereocenters. The summed E-state index contributed by atoms with van der Waals surface area (Å²) in [5.41, 5.74) is 1.44. The number of ether oxygens (including phenoxy) is 1. The molecule has 5 heteroatoms. The fraction of sp³-hybridized carbons (Fsp3) is 0.357. The van der Waals surface area contributed by atoms with E-state index in [1.165, 1.54) is 4.90 Å². The Hall–Kier alpha value is -2.35. The van der Waals surface area contributed by atoms with E-state index in [1.807, 2.05) is 12.1 Å². The highest BCUT2D eigenvalue weighted by Gasteiger charge is 2.44. The van der Waals surface area contributed by atoms with Gasteiger partial charge in [0.15, 0.2) is 5.92 Å². The molecule has 0 fully saturated rings. The first kappa shape index (κ1) is 13.1. The third-order valence-electron chi connectivity index (χ3n) is 3.24. The van der Waals surface area contributed by atoms with E-state index in [9.17, 15) is 14.9 Å². The third-order valence-corrected chi connectivity index (χ3v) is 3.24. The molecule has 1 aliphatic rings. The van der Waals surface area contributed by atoms with E-state index >= 15 is 0 Å². The van der Waals surface area contributed by atoms with E-state index in [4.69, 9.17) is 4.74 Å². The van der Waals surface area contributed by atoms with Crippen LogP contribution in [0.25, 0.3) is 0 Å². The van der Waals surface area contributed by atoms with Gasteiger partial charge in [-0.15, -0.1) is 0 Å². The fourth-order valence-corrected chi connectivity index (χ4v) is 2.33. The summed E-state index contributed by atoms with van der Waals surface area (Å²) < 4.78 is 4.87. The molecule has 1 heterocycles. The number of hydrogen-bond donors (Lipinski definition) is 0. The zero-order valence-corrected chi connectivity index (χ0v) is 10.8. The standard InChI is InChI=1S/C14H14N2O3/c1-3-19-14(18)10(8-15)12-9-6-4-5-7-11(9)16(2)13(12)17/h4-7,10,12H,3H2,1-2H3/t10-,12-/m0/s1. The molecule has 1 amide bonds. The van der Waals surface area contributed by atoms with Gasteiger partial charge >= 0.3 is 5.97 Å². The molecule has 1 aromatic rings. The largest absolute Gasteiger partial charge is 0.465 e. The van der Waals surface area contributed by atoms with Crippen LogP contribution in [0, 0.1) is 17.2 Å². The topological polar surface area (TPSA) is 70.4 Å². The van der Waals surface area contributed by atoms with Crippen LogP contribution in [0.5, 0.6) is 0 Å². The summed E-state index contributed by atoms with van der Waals surface area (Å²) in [4.78, 5) is 25.5. The van der Waals surface area contributed by atoms with E-state index in [0.29, 0.717) is 5.56 Å². The first-order chi connectivity index (χ1) is 9.11. The van der Waals surface area contributed by atoms with Crippen molar-refractivity contribution in [3.05, 3.63) is 29.8 Å². The van der Waals surface area contributed by atoms with Crippen molar-refractivity contribution >= 4 is 17.6 Å². The smallest absolute Gasteiger partial charge is 0.324 e. The highest BCUT2D eigenvalue weighted by atomic mass is 16.5. The molecule has 0 saturated heterocycles. The fourth-order valence-electron chi connectivity index (χ4n) is 2.33. The minimum atomic E-state index is -1.10. The van der Waals surface area contributed by atoms with Gasteiger partial charge in [-0.1, -0.05) is 18.2 Å². The second-order valence-electron chi connectivity index (χ2n) is 4.29. The zero-order valence-electron chi connectivity index (χ0n) is 10.8. The van der Waals surface area contributed by atoms with Crippen LogP contribution in [0.15, 0.2) is 24.3 Å². The Morgan fingerprint density at radius 1 is 1.53 bits per heavy atom. The minimum absolute atomic E-state index is 0.190. The molecule has 1 aliphatic heterocycles. The van der Waals surface area contributed by atoms with Crippen molar-refractivity contribution in [2.75, 3.05) is 18.6 Å². The molecule has 0 saturated carbocycles. The lowest BCUT2D eigenvalue weighted by molar-refractivity contribution is -0.148. The van der Waals surface area contributed by atoms with Crippen molar-refractivity contribution in [3.8, 4) is 6.07 Å². The van der Waals surface area contributed by atoms with Crippen molar-refractivity contribution in [2.45, 2.75) is 12.8 Å². The minimum Gasteiger partial charge on any atom is -0.465 e. The SMILES string of the molecule is CCOC(=O)[C@@H](C#N)[C@H]1C(=O)N(C)c2ccccc21. The Morgan fingerprint density at radius 2 is 2.21 bits per heavy atom. The van der Waals surface area contributed by atoms with Crippen molar-refractivity contribution in [1.82, 2.24) is 0 Å². The number of fused-ring (bicyclic) bond motifs is 1. The maximum Gasteiger partial charge on any atom is 0.324 e. The van der Waals surface area contributed by atoms with Gasteiger partial charge in [0.25, 0.3) is 0 Å². The normalized spacial score (nSPS) is 18.7. The molecule has 0 aliphatic carbocycles. The molecule has 0 aromatic heterocycles. The quantitative estimate of drug-likeness (QED) is 0.769. The number of nitriles is 1. The van der Waals surface area contributed by atoms with E-state index in [1.54, 1.807) is 32.2 Å². The molecule has 1 aromatic carbocycles. The molecule has 0 unspecified atom stereocenters. The number of likely N-dealkylation sites (N-methyl/N-ethyl adjacent to an activating group) is 1. The lowest BCUT2D eigenvalue weighted by Gasteiger charge is -2.15. The van der Waals surface area contributed by atoms with Crippen LogP contribution in [0.2, 0.25) is 0 Å². The first-order valence-electron chi connectivity index (χ1n) is 6.04. The number of rotatable bonds is 3. The zero-order chi connectivity index (χ0) is 14.0. The van der Waals surface area contributed by atoms with Gasteiger partial charge in [-0.3, -0.25) is 9.59 Å². The van der Waals surface area contributed by atoms with E-state index in [2.05, 4.69) is 0 Å². The molecular weight excluding hydrogens is 244 g/mol. The summed E-state index contributed by atoms with van der Waals surface area (Å²) in [5.74, 6) is -2.77. The van der Waals surface area contributed by atoms with E-state index in [0.717, 1.165) is 5.69 Å². The highest BCUT2D eigenvalue weighted by molar-refractivity contribution is 6.07. The summed E-state index contributed by atoms with van der Waals surface area (Å²) in [6.07, 6.45) is 0. The monoisotopic (exact) mass is 258 g/mol. The Morgan fingerprint density at radius 3 is 2.84 bits per heavy atom. The van der Waals surface area contributed by atoms with Crippen LogP contribution in [-0.4, -0.2) is 25.5 Å². The van der Waals surface area contributed by atoms with Gasteiger partial charge in [-0.2, -0.15) is 5.26 Å². The third kappa shape index (κ3) is 2.06. The number of nitrogens with zero attached hydrogens (tertiary/aromatic N) is 2. The maximum absolute atomic E-state index is 12.2. The van der Waals surface area contributed by atoms with Crippen LogP contribution in [0.4, 0.5) is 5.69 Å². The van der Waals surface area contributed by atoms with Gasteiger partial charge in [0, 0.05) is 12.7 Å². The summed E-state index contributed by atoms with van der Waals surface area (Å²) >= 11 is 0. The number of carbonyl (C=O) groups is 2. The summed E-state index contributed by atoms with van der Waals surface area (Å²) in [5, 5.41) is 9.19. The number of amides is 1. The number of anilines is 1. The molecule has 0 N–H and O–H groups in total. The van der Waals surface area contributed by atoms with Crippen LogP contribution in [0.1, 0.15) is 18.4 Å². The predicted octanol–water partition coefficient (Wildman–Crippen LogP) is 1.45. The van der Waals surface area contributed by atoms with Crippen LogP contribution in [-0.2, 0) is 14.3 Å². The van der Waals surface area contributed by atoms with Crippen molar-refractivity contribution in [1.29, 1.82) is 5.26 Å². The summed E-state index contributed by atoms with van der Waals surface area (Å²) in [6, 6.07) is 9.07. The van der Waals surface area contributed by atoms with Gasteiger partial charge in [0.1, 0.15) is 0 Å². The summed E-state index contributed by atoms with van der Waals surface area (Å²) in [7, 11) is 1.64. The Kier molecular flexibility index (Phi) is 3.52. The van der Waals surface area contributed by atoms with Gasteiger partial charge in [0.05, 0.1) is 18.6 Å². The number of carbonyl (C=O) groups excluding carboxylic acids is 2. The molecule has 0 bridgehead atoms. The molecule has 98 valence electrons. The molecule has 2 rings (SSSR count). The second kappa shape index (κ2) is 5.11. The average Bonchev–Trinajstić information content (AvgIpc) is 2.66. The number of para-hydroxylation sites is 1. The lowest BCUT2D eigenvalue weighted by atomic mass is 9.88. The van der Waals surface area contributed by atoms with Gasteiger partial charge in [-0.25, -0.2) is 0 Å². The number of esters is 1. The van der Waals surface area contributed by atoms with Gasteiger partial charge in [0.2, 0.25) is 5.91 Å². The van der Waals surface area contributed by atoms with Gasteiger partial charge < -0.3 is 9.64 Å². The first-order valence-corrected chi connectivity index (χ1v) is 6.04. The highest BCUT2D eigenvalue weighted by Crippen LogP contribution is 2.40. The van der Waals surface area contributed by atoms with Gasteiger partial charge in [-0.05, 0) is 18.6 Å². The lowest BCUT2D eigenvalue weighted by Crippen LogP contribution is -2.31. The molecular formula is C14H14N2O3. The summed E-state index contributed by atoms with van der Waals surface area (Å²) in [6.45, 7) is 1.86.